The normalized spacial score (nSPS) is 33.1. The fraction of sp³-hybridized carbons (Fsp3) is 0.778. The highest BCUT2D eigenvalue weighted by atomic mass is 16.6. The Morgan fingerprint density at radius 3 is 2.54 bits per heavy atom. The summed E-state index contributed by atoms with van der Waals surface area (Å²) in [6, 6.07) is 0. The lowest BCUT2D eigenvalue weighted by molar-refractivity contribution is -0.170. The summed E-state index contributed by atoms with van der Waals surface area (Å²) in [4.78, 5) is 22.1. The second-order valence-electron chi connectivity index (χ2n) is 3.38. The Hall–Kier alpha value is -1.06. The summed E-state index contributed by atoms with van der Waals surface area (Å²) in [5.74, 6) is -1.64. The Bertz CT molecular complexity index is 236. The van der Waals surface area contributed by atoms with E-state index in [9.17, 15) is 9.59 Å². The summed E-state index contributed by atoms with van der Waals surface area (Å²) in [6.45, 7) is 3.58. The molecule has 1 aliphatic heterocycles. The Morgan fingerprint density at radius 2 is 2.31 bits per heavy atom. The van der Waals surface area contributed by atoms with Gasteiger partial charge in [0.05, 0.1) is 5.92 Å². The first-order valence-electron chi connectivity index (χ1n) is 4.52. The van der Waals surface area contributed by atoms with Crippen LogP contribution in [0.2, 0.25) is 0 Å². The predicted molar refractivity (Wildman–Crippen MR) is 45.1 cm³/mol. The quantitative estimate of drug-likeness (QED) is 0.672. The van der Waals surface area contributed by atoms with Gasteiger partial charge in [-0.05, 0) is 12.8 Å². The molecule has 0 aromatic carbocycles. The van der Waals surface area contributed by atoms with E-state index in [0.29, 0.717) is 19.3 Å². The van der Waals surface area contributed by atoms with Gasteiger partial charge < -0.3 is 9.84 Å². The second-order valence-corrected chi connectivity index (χ2v) is 3.38. The van der Waals surface area contributed by atoms with Crippen molar-refractivity contribution >= 4 is 11.9 Å². The van der Waals surface area contributed by atoms with Crippen LogP contribution in [0.15, 0.2) is 0 Å². The average molecular weight is 186 g/mol. The standard InChI is InChI=1S/C9H14O4/c1-3-6-5-9(4-2,8(11)12)13-7(6)10/h6H,3-5H2,1-2H3,(H,11,12). The Morgan fingerprint density at radius 1 is 1.69 bits per heavy atom. The van der Waals surface area contributed by atoms with Gasteiger partial charge in [-0.3, -0.25) is 4.79 Å². The van der Waals surface area contributed by atoms with Gasteiger partial charge in [0.2, 0.25) is 5.60 Å². The number of carbonyl (C=O) groups excluding carboxylic acids is 1. The third-order valence-electron chi connectivity index (χ3n) is 2.66. The van der Waals surface area contributed by atoms with Gasteiger partial charge in [0, 0.05) is 6.42 Å². The van der Waals surface area contributed by atoms with Gasteiger partial charge in [-0.1, -0.05) is 13.8 Å². The number of ether oxygens (including phenoxy) is 1. The summed E-state index contributed by atoms with van der Waals surface area (Å²) in [7, 11) is 0. The third kappa shape index (κ3) is 1.53. The molecule has 2 unspecified atom stereocenters. The first-order chi connectivity index (χ1) is 6.05. The molecule has 1 fully saturated rings. The zero-order valence-electron chi connectivity index (χ0n) is 7.87. The van der Waals surface area contributed by atoms with Crippen LogP contribution in [0.1, 0.15) is 33.1 Å². The summed E-state index contributed by atoms with van der Waals surface area (Å²) < 4.78 is 4.92. The number of carbonyl (C=O) groups is 2. The van der Waals surface area contributed by atoms with Crippen LogP contribution < -0.4 is 0 Å². The van der Waals surface area contributed by atoms with E-state index in [1.54, 1.807) is 6.92 Å². The topological polar surface area (TPSA) is 63.6 Å². The van der Waals surface area contributed by atoms with Crippen LogP contribution in [0, 0.1) is 5.92 Å². The Balaban J connectivity index is 2.84. The predicted octanol–water partition coefficient (Wildman–Crippen LogP) is 1.19. The van der Waals surface area contributed by atoms with E-state index >= 15 is 0 Å². The molecule has 0 amide bonds. The van der Waals surface area contributed by atoms with E-state index in [1.165, 1.54) is 0 Å². The van der Waals surface area contributed by atoms with Crippen LogP contribution in [-0.4, -0.2) is 22.6 Å². The van der Waals surface area contributed by atoms with Gasteiger partial charge in [0.1, 0.15) is 0 Å². The van der Waals surface area contributed by atoms with Crippen molar-refractivity contribution in [2.24, 2.45) is 5.92 Å². The number of cyclic esters (lactones) is 1. The van der Waals surface area contributed by atoms with Crippen LogP contribution in [0.25, 0.3) is 0 Å². The minimum absolute atomic E-state index is 0.240. The third-order valence-corrected chi connectivity index (χ3v) is 2.66. The highest BCUT2D eigenvalue weighted by molar-refractivity contribution is 5.86. The van der Waals surface area contributed by atoms with Gasteiger partial charge >= 0.3 is 11.9 Å². The maximum Gasteiger partial charge on any atom is 0.348 e. The zero-order chi connectivity index (χ0) is 10.1. The Labute approximate surface area is 76.9 Å². The van der Waals surface area contributed by atoms with Gasteiger partial charge in [0.15, 0.2) is 0 Å². The second kappa shape index (κ2) is 3.36. The molecule has 0 saturated carbocycles. The van der Waals surface area contributed by atoms with E-state index in [2.05, 4.69) is 0 Å². The van der Waals surface area contributed by atoms with Crippen molar-refractivity contribution in [3.63, 3.8) is 0 Å². The molecule has 0 aromatic rings. The number of hydrogen-bond acceptors (Lipinski definition) is 3. The largest absolute Gasteiger partial charge is 0.478 e. The Kier molecular flexibility index (Phi) is 2.59. The number of carboxylic acids is 1. The molecule has 0 radical (unpaired) electrons. The SMILES string of the molecule is CCC1CC(CC)(C(=O)O)OC1=O. The fourth-order valence-electron chi connectivity index (χ4n) is 1.61. The lowest BCUT2D eigenvalue weighted by Crippen LogP contribution is -2.37. The van der Waals surface area contributed by atoms with E-state index < -0.39 is 11.6 Å². The molecule has 4 heteroatoms. The van der Waals surface area contributed by atoms with Crippen molar-refractivity contribution in [3.8, 4) is 0 Å². The fourth-order valence-corrected chi connectivity index (χ4v) is 1.61. The van der Waals surface area contributed by atoms with Crippen molar-refractivity contribution in [1.29, 1.82) is 0 Å². The molecular formula is C9H14O4. The molecular weight excluding hydrogens is 172 g/mol. The molecule has 74 valence electrons. The number of hydrogen-bond donors (Lipinski definition) is 1. The molecule has 1 rings (SSSR count). The number of esters is 1. The molecule has 4 nitrogen and oxygen atoms in total. The van der Waals surface area contributed by atoms with Crippen molar-refractivity contribution in [2.75, 3.05) is 0 Å². The number of carboxylic acid groups (broad SMARTS) is 1. The molecule has 1 aliphatic rings. The maximum absolute atomic E-state index is 11.2. The van der Waals surface area contributed by atoms with Crippen LogP contribution in [0.3, 0.4) is 0 Å². The van der Waals surface area contributed by atoms with Crippen LogP contribution in [-0.2, 0) is 14.3 Å². The molecule has 0 spiro atoms. The molecule has 1 heterocycles. The van der Waals surface area contributed by atoms with E-state index in [0.717, 1.165) is 0 Å². The minimum Gasteiger partial charge on any atom is -0.478 e. The van der Waals surface area contributed by atoms with Gasteiger partial charge in [-0.2, -0.15) is 0 Å². The lowest BCUT2D eigenvalue weighted by atomic mass is 9.90. The molecule has 1 saturated heterocycles. The molecule has 0 bridgehead atoms. The summed E-state index contributed by atoms with van der Waals surface area (Å²) >= 11 is 0. The lowest BCUT2D eigenvalue weighted by Gasteiger charge is -2.20. The smallest absolute Gasteiger partial charge is 0.348 e. The molecule has 13 heavy (non-hydrogen) atoms. The molecule has 0 aromatic heterocycles. The highest BCUT2D eigenvalue weighted by Gasteiger charge is 2.50. The van der Waals surface area contributed by atoms with Crippen LogP contribution in [0.5, 0.6) is 0 Å². The molecule has 1 N–H and O–H groups in total. The zero-order valence-corrected chi connectivity index (χ0v) is 7.87. The first kappa shape index (κ1) is 10.0. The number of aliphatic carboxylic acids is 1. The van der Waals surface area contributed by atoms with Crippen molar-refractivity contribution in [3.05, 3.63) is 0 Å². The molecule has 2 atom stereocenters. The summed E-state index contributed by atoms with van der Waals surface area (Å²) in [5.41, 5.74) is -1.25. The summed E-state index contributed by atoms with van der Waals surface area (Å²) in [5, 5.41) is 8.92. The van der Waals surface area contributed by atoms with Gasteiger partial charge in [-0.15, -0.1) is 0 Å². The van der Waals surface area contributed by atoms with Gasteiger partial charge in [0.25, 0.3) is 0 Å². The highest BCUT2D eigenvalue weighted by Crippen LogP contribution is 2.35. The maximum atomic E-state index is 11.2. The average Bonchev–Trinajstić information content (AvgIpc) is 2.43. The van der Waals surface area contributed by atoms with E-state index in [-0.39, 0.29) is 11.9 Å². The van der Waals surface area contributed by atoms with Gasteiger partial charge in [-0.25, -0.2) is 4.79 Å². The van der Waals surface area contributed by atoms with Crippen LogP contribution in [0.4, 0.5) is 0 Å². The van der Waals surface area contributed by atoms with E-state index in [4.69, 9.17) is 9.84 Å². The van der Waals surface area contributed by atoms with Crippen LogP contribution >= 0.6 is 0 Å². The number of rotatable bonds is 3. The minimum atomic E-state index is -1.25. The van der Waals surface area contributed by atoms with Crippen molar-refractivity contribution < 1.29 is 19.4 Å². The van der Waals surface area contributed by atoms with Crippen molar-refractivity contribution in [2.45, 2.75) is 38.7 Å². The van der Waals surface area contributed by atoms with E-state index in [1.807, 2.05) is 6.92 Å². The molecule has 0 aliphatic carbocycles. The monoisotopic (exact) mass is 186 g/mol. The first-order valence-corrected chi connectivity index (χ1v) is 4.52. The summed E-state index contributed by atoms with van der Waals surface area (Å²) in [6.07, 6.45) is 1.30. The van der Waals surface area contributed by atoms with Crippen molar-refractivity contribution in [1.82, 2.24) is 0 Å².